The molecule has 0 amide bonds. The number of aromatic nitrogens is 2. The molecular formula is C13H14N2O2. The average molecular weight is 230 g/mol. The van der Waals surface area contributed by atoms with E-state index >= 15 is 0 Å². The smallest absolute Gasteiger partial charge is 0.195 e. The number of carbonyl (C=O) groups excluding carboxylic acids is 1. The van der Waals surface area contributed by atoms with E-state index in [0.717, 1.165) is 22.7 Å². The molecule has 0 unspecified atom stereocenters. The Morgan fingerprint density at radius 2 is 2.18 bits per heavy atom. The highest BCUT2D eigenvalue weighted by molar-refractivity contribution is 5.91. The van der Waals surface area contributed by atoms with E-state index in [1.54, 1.807) is 7.11 Å². The van der Waals surface area contributed by atoms with Gasteiger partial charge in [-0.25, -0.2) is 4.98 Å². The van der Waals surface area contributed by atoms with E-state index in [4.69, 9.17) is 4.74 Å². The topological polar surface area (TPSA) is 55.0 Å². The number of rotatable bonds is 3. The number of nitrogens with zero attached hydrogens (tertiary/aromatic N) is 1. The first-order chi connectivity index (χ1) is 8.11. The van der Waals surface area contributed by atoms with Gasteiger partial charge < -0.3 is 9.72 Å². The molecule has 1 N–H and O–H groups in total. The molecule has 0 spiro atoms. The maximum atomic E-state index is 11.2. The largest absolute Gasteiger partial charge is 0.497 e. The van der Waals surface area contributed by atoms with Crippen molar-refractivity contribution < 1.29 is 9.53 Å². The molecule has 0 saturated heterocycles. The van der Waals surface area contributed by atoms with Crippen molar-refractivity contribution >= 4 is 5.78 Å². The van der Waals surface area contributed by atoms with Gasteiger partial charge in [0.1, 0.15) is 5.75 Å². The van der Waals surface area contributed by atoms with Crippen LogP contribution in [0.5, 0.6) is 5.75 Å². The lowest BCUT2D eigenvalue weighted by Gasteiger charge is -2.02. The predicted octanol–water partition coefficient (Wildman–Crippen LogP) is 2.60. The average Bonchev–Trinajstić information content (AvgIpc) is 2.72. The Bertz CT molecular complexity index is 558. The van der Waals surface area contributed by atoms with Gasteiger partial charge >= 0.3 is 0 Å². The van der Waals surface area contributed by atoms with Gasteiger partial charge in [0.25, 0.3) is 0 Å². The number of aryl methyl sites for hydroxylation is 1. The quantitative estimate of drug-likeness (QED) is 0.824. The lowest BCUT2D eigenvalue weighted by molar-refractivity contribution is 0.100. The summed E-state index contributed by atoms with van der Waals surface area (Å²) in [6.07, 6.45) is 0. The normalized spacial score (nSPS) is 10.3. The maximum Gasteiger partial charge on any atom is 0.195 e. The minimum Gasteiger partial charge on any atom is -0.497 e. The Morgan fingerprint density at radius 3 is 2.76 bits per heavy atom. The van der Waals surface area contributed by atoms with E-state index in [0.29, 0.717) is 5.82 Å². The fourth-order valence-corrected chi connectivity index (χ4v) is 1.68. The molecule has 4 nitrogen and oxygen atoms in total. The number of benzene rings is 1. The van der Waals surface area contributed by atoms with Gasteiger partial charge in [0.15, 0.2) is 11.6 Å². The van der Waals surface area contributed by atoms with Gasteiger partial charge in [-0.1, -0.05) is 12.1 Å². The highest BCUT2D eigenvalue weighted by Crippen LogP contribution is 2.24. The molecule has 1 aromatic heterocycles. The second kappa shape index (κ2) is 4.41. The van der Waals surface area contributed by atoms with E-state index in [-0.39, 0.29) is 5.78 Å². The van der Waals surface area contributed by atoms with Crippen molar-refractivity contribution in [1.29, 1.82) is 0 Å². The van der Waals surface area contributed by atoms with Crippen LogP contribution in [0.3, 0.4) is 0 Å². The number of hydrogen-bond donors (Lipinski definition) is 1. The summed E-state index contributed by atoms with van der Waals surface area (Å²) in [6.45, 7) is 3.39. The number of ketones is 1. The van der Waals surface area contributed by atoms with Crippen LogP contribution < -0.4 is 4.74 Å². The lowest BCUT2D eigenvalue weighted by Crippen LogP contribution is -1.94. The summed E-state index contributed by atoms with van der Waals surface area (Å²) in [5, 5.41) is 0. The van der Waals surface area contributed by atoms with Crippen LogP contribution in [0.1, 0.15) is 23.2 Å². The summed E-state index contributed by atoms with van der Waals surface area (Å²) in [4.78, 5) is 18.5. The number of Topliss-reactive ketones (excluding diaryl/α,β-unsaturated/α-hetero) is 1. The molecular weight excluding hydrogens is 216 g/mol. The molecule has 2 rings (SSSR count). The van der Waals surface area contributed by atoms with Gasteiger partial charge in [-0.05, 0) is 19.1 Å². The molecule has 0 aliphatic carbocycles. The number of nitrogens with one attached hydrogen (secondary N) is 1. The molecule has 0 saturated carbocycles. The van der Waals surface area contributed by atoms with E-state index in [9.17, 15) is 4.79 Å². The Labute approximate surface area is 99.7 Å². The van der Waals surface area contributed by atoms with Gasteiger partial charge in [-0.15, -0.1) is 0 Å². The molecule has 88 valence electrons. The van der Waals surface area contributed by atoms with Crippen molar-refractivity contribution in [3.05, 3.63) is 35.8 Å². The first kappa shape index (κ1) is 11.4. The molecule has 17 heavy (non-hydrogen) atoms. The van der Waals surface area contributed by atoms with Crippen LogP contribution in [0.25, 0.3) is 11.3 Å². The summed E-state index contributed by atoms with van der Waals surface area (Å²) in [5.74, 6) is 1.09. The van der Waals surface area contributed by atoms with E-state index in [1.165, 1.54) is 6.92 Å². The molecule has 0 atom stereocenters. The Balaban J connectivity index is 2.48. The van der Waals surface area contributed by atoms with E-state index in [1.807, 2.05) is 31.2 Å². The third-order valence-electron chi connectivity index (χ3n) is 2.56. The minimum atomic E-state index is -0.0674. The molecule has 1 aromatic carbocycles. The molecule has 1 heterocycles. The summed E-state index contributed by atoms with van der Waals surface area (Å²) in [7, 11) is 1.62. The van der Waals surface area contributed by atoms with Crippen LogP contribution in [-0.4, -0.2) is 22.9 Å². The van der Waals surface area contributed by atoms with Crippen LogP contribution in [0, 0.1) is 6.92 Å². The first-order valence-electron chi connectivity index (χ1n) is 5.34. The highest BCUT2D eigenvalue weighted by Gasteiger charge is 2.11. The molecule has 2 aromatic rings. The molecule has 4 heteroatoms. The third kappa shape index (κ3) is 2.20. The van der Waals surface area contributed by atoms with Gasteiger partial charge in [0.2, 0.25) is 0 Å². The molecule has 0 radical (unpaired) electrons. The Kier molecular flexibility index (Phi) is 2.95. The minimum absolute atomic E-state index is 0.0674. The maximum absolute atomic E-state index is 11.2. The van der Waals surface area contributed by atoms with Gasteiger partial charge in [-0.2, -0.15) is 0 Å². The van der Waals surface area contributed by atoms with E-state index < -0.39 is 0 Å². The zero-order valence-electron chi connectivity index (χ0n) is 10.1. The fraction of sp³-hybridized carbons (Fsp3) is 0.231. The summed E-state index contributed by atoms with van der Waals surface area (Å²) in [5.41, 5.74) is 2.60. The number of aromatic amines is 1. The van der Waals surface area contributed by atoms with Crippen LogP contribution in [0.15, 0.2) is 24.3 Å². The van der Waals surface area contributed by atoms with Crippen molar-refractivity contribution in [2.24, 2.45) is 0 Å². The number of hydrogen-bond acceptors (Lipinski definition) is 3. The second-order valence-corrected chi connectivity index (χ2v) is 3.85. The Hall–Kier alpha value is -2.10. The van der Waals surface area contributed by atoms with E-state index in [2.05, 4.69) is 9.97 Å². The second-order valence-electron chi connectivity index (χ2n) is 3.85. The standard InChI is InChI=1S/C13H14N2O2/c1-8-12(15-13(14-8)9(2)16)10-5-4-6-11(7-10)17-3/h4-7H,1-3H3,(H,14,15). The van der Waals surface area contributed by atoms with Gasteiger partial charge in [0.05, 0.1) is 12.8 Å². The number of H-pyrrole nitrogens is 1. The van der Waals surface area contributed by atoms with Crippen molar-refractivity contribution in [3.8, 4) is 17.0 Å². The Morgan fingerprint density at radius 1 is 1.41 bits per heavy atom. The molecule has 0 aliphatic heterocycles. The van der Waals surface area contributed by atoms with Crippen molar-refractivity contribution in [2.45, 2.75) is 13.8 Å². The predicted molar refractivity (Wildman–Crippen MR) is 65.3 cm³/mol. The number of imidazole rings is 1. The van der Waals surface area contributed by atoms with Crippen LogP contribution >= 0.6 is 0 Å². The van der Waals surface area contributed by atoms with Crippen molar-refractivity contribution in [1.82, 2.24) is 9.97 Å². The molecule has 0 bridgehead atoms. The fourth-order valence-electron chi connectivity index (χ4n) is 1.68. The van der Waals surface area contributed by atoms with Crippen LogP contribution in [0.4, 0.5) is 0 Å². The molecule has 0 aliphatic rings. The number of ether oxygens (including phenoxy) is 1. The SMILES string of the molecule is COc1cccc(-c2nc(C(C)=O)[nH]c2C)c1. The lowest BCUT2D eigenvalue weighted by atomic mass is 10.1. The van der Waals surface area contributed by atoms with Crippen LogP contribution in [0.2, 0.25) is 0 Å². The number of methoxy groups -OCH3 is 1. The zero-order valence-corrected chi connectivity index (χ0v) is 10.1. The summed E-state index contributed by atoms with van der Waals surface area (Å²) in [6, 6.07) is 7.61. The van der Waals surface area contributed by atoms with Crippen LogP contribution in [-0.2, 0) is 0 Å². The van der Waals surface area contributed by atoms with Gasteiger partial charge in [-0.3, -0.25) is 4.79 Å². The first-order valence-corrected chi connectivity index (χ1v) is 5.34. The third-order valence-corrected chi connectivity index (χ3v) is 2.56. The highest BCUT2D eigenvalue weighted by atomic mass is 16.5. The van der Waals surface area contributed by atoms with Gasteiger partial charge in [0, 0.05) is 18.2 Å². The zero-order chi connectivity index (χ0) is 12.4. The van der Waals surface area contributed by atoms with Crippen molar-refractivity contribution in [2.75, 3.05) is 7.11 Å². The summed E-state index contributed by atoms with van der Waals surface area (Å²) >= 11 is 0. The summed E-state index contributed by atoms with van der Waals surface area (Å²) < 4.78 is 5.17. The molecule has 0 fully saturated rings. The number of carbonyl (C=O) groups is 1. The monoisotopic (exact) mass is 230 g/mol. The van der Waals surface area contributed by atoms with Crippen molar-refractivity contribution in [3.63, 3.8) is 0 Å².